The molecule has 4 aliphatic carbocycles. The van der Waals surface area contributed by atoms with Crippen LogP contribution in [0.2, 0.25) is 0 Å². The Morgan fingerprint density at radius 1 is 1.16 bits per heavy atom. The summed E-state index contributed by atoms with van der Waals surface area (Å²) in [5.74, 6) is 4.63. The van der Waals surface area contributed by atoms with Crippen LogP contribution < -0.4 is 5.32 Å². The van der Waals surface area contributed by atoms with Gasteiger partial charge in [0.1, 0.15) is 0 Å². The Kier molecular flexibility index (Phi) is 4.07. The van der Waals surface area contributed by atoms with E-state index < -0.39 is 0 Å². The molecular weight excluding hydrogens is 258 g/mol. The fourth-order valence-electron chi connectivity index (χ4n) is 5.15. The van der Waals surface area contributed by atoms with Gasteiger partial charge in [-0.25, -0.2) is 0 Å². The Morgan fingerprint density at radius 3 is 2.26 bits per heavy atom. The summed E-state index contributed by atoms with van der Waals surface area (Å²) in [6.45, 7) is 2.11. The molecule has 4 rings (SSSR count). The lowest BCUT2D eigenvalue weighted by molar-refractivity contribution is -0.138. The molecule has 4 saturated carbocycles. The summed E-state index contributed by atoms with van der Waals surface area (Å²) in [6.07, 6.45) is 8.73. The van der Waals surface area contributed by atoms with E-state index in [4.69, 9.17) is 11.6 Å². The maximum absolute atomic E-state index is 12.6. The van der Waals surface area contributed by atoms with Crippen LogP contribution in [0.1, 0.15) is 51.9 Å². The van der Waals surface area contributed by atoms with Crippen molar-refractivity contribution in [2.24, 2.45) is 29.6 Å². The minimum atomic E-state index is 0.281. The van der Waals surface area contributed by atoms with Crippen LogP contribution in [0.4, 0.5) is 0 Å². The first kappa shape index (κ1) is 13.7. The summed E-state index contributed by atoms with van der Waals surface area (Å²) in [6, 6.07) is 0.281. The summed E-state index contributed by atoms with van der Waals surface area (Å²) < 4.78 is 0. The van der Waals surface area contributed by atoms with E-state index in [1.54, 1.807) is 0 Å². The van der Waals surface area contributed by atoms with Crippen molar-refractivity contribution in [1.82, 2.24) is 5.32 Å². The molecule has 0 aliphatic heterocycles. The van der Waals surface area contributed by atoms with Crippen molar-refractivity contribution in [2.75, 3.05) is 5.88 Å². The van der Waals surface area contributed by atoms with Gasteiger partial charge in [-0.15, -0.1) is 11.6 Å². The number of hydrogen-bond acceptors (Lipinski definition) is 1. The number of alkyl halides is 1. The predicted molar refractivity (Wildman–Crippen MR) is 78.1 cm³/mol. The van der Waals surface area contributed by atoms with Crippen LogP contribution in [0, 0.1) is 29.6 Å². The molecule has 0 radical (unpaired) electrons. The Balaban J connectivity index is 1.58. The lowest BCUT2D eigenvalue weighted by Gasteiger charge is -2.53. The molecule has 0 heterocycles. The summed E-state index contributed by atoms with van der Waals surface area (Å²) in [4.78, 5) is 12.6. The summed E-state index contributed by atoms with van der Waals surface area (Å²) in [5, 5.41) is 3.25. The zero-order chi connectivity index (χ0) is 13.4. The molecule has 2 nitrogen and oxygen atoms in total. The van der Waals surface area contributed by atoms with Gasteiger partial charge in [0.25, 0.3) is 0 Å². The third kappa shape index (κ3) is 2.79. The van der Waals surface area contributed by atoms with Crippen molar-refractivity contribution in [2.45, 2.75) is 57.9 Å². The quantitative estimate of drug-likeness (QED) is 0.768. The van der Waals surface area contributed by atoms with E-state index in [0.717, 1.165) is 24.7 Å². The lowest BCUT2D eigenvalue weighted by atomic mass is 9.51. The van der Waals surface area contributed by atoms with Crippen molar-refractivity contribution in [3.8, 4) is 0 Å². The lowest BCUT2D eigenvalue weighted by Crippen LogP contribution is -2.52. The molecule has 4 bridgehead atoms. The molecule has 0 aromatic rings. The van der Waals surface area contributed by atoms with Gasteiger partial charge in [-0.3, -0.25) is 4.79 Å². The van der Waals surface area contributed by atoms with Crippen LogP contribution in [0.5, 0.6) is 0 Å². The Hall–Kier alpha value is -0.240. The van der Waals surface area contributed by atoms with Gasteiger partial charge in [0, 0.05) is 17.8 Å². The van der Waals surface area contributed by atoms with Crippen LogP contribution in [0.25, 0.3) is 0 Å². The van der Waals surface area contributed by atoms with Gasteiger partial charge in [-0.2, -0.15) is 0 Å². The van der Waals surface area contributed by atoms with Crippen molar-refractivity contribution in [3.63, 3.8) is 0 Å². The molecule has 0 aromatic heterocycles. The normalized spacial score (nSPS) is 41.3. The first-order valence-corrected chi connectivity index (χ1v) is 8.57. The Bertz CT molecular complexity index is 316. The van der Waals surface area contributed by atoms with Crippen LogP contribution >= 0.6 is 11.6 Å². The maximum atomic E-state index is 12.6. The van der Waals surface area contributed by atoms with Gasteiger partial charge in [0.2, 0.25) is 5.91 Å². The maximum Gasteiger partial charge on any atom is 0.223 e. The minimum Gasteiger partial charge on any atom is -0.353 e. The van der Waals surface area contributed by atoms with Crippen molar-refractivity contribution >= 4 is 17.5 Å². The van der Waals surface area contributed by atoms with Gasteiger partial charge < -0.3 is 5.32 Å². The molecular formula is C16H26ClNO. The number of rotatable bonds is 5. The number of halogens is 1. The van der Waals surface area contributed by atoms with Crippen LogP contribution in [-0.4, -0.2) is 17.8 Å². The van der Waals surface area contributed by atoms with E-state index in [0.29, 0.717) is 29.5 Å². The van der Waals surface area contributed by atoms with E-state index in [1.165, 1.54) is 32.1 Å². The van der Waals surface area contributed by atoms with Gasteiger partial charge in [-0.05, 0) is 75.5 Å². The summed E-state index contributed by atoms with van der Waals surface area (Å²) >= 11 is 5.72. The second-order valence-electron chi connectivity index (χ2n) is 7.20. The van der Waals surface area contributed by atoms with Crippen molar-refractivity contribution in [3.05, 3.63) is 0 Å². The van der Waals surface area contributed by atoms with E-state index in [9.17, 15) is 4.79 Å². The van der Waals surface area contributed by atoms with Crippen LogP contribution in [0.15, 0.2) is 0 Å². The van der Waals surface area contributed by atoms with E-state index >= 15 is 0 Å². The second kappa shape index (κ2) is 5.63. The minimum absolute atomic E-state index is 0.281. The average molecular weight is 284 g/mol. The third-order valence-corrected chi connectivity index (χ3v) is 5.96. The fraction of sp³-hybridized carbons (Fsp3) is 0.938. The summed E-state index contributed by atoms with van der Waals surface area (Å²) in [7, 11) is 0. The highest BCUT2D eigenvalue weighted by Crippen LogP contribution is 2.56. The van der Waals surface area contributed by atoms with Crippen molar-refractivity contribution in [1.29, 1.82) is 0 Å². The van der Waals surface area contributed by atoms with Gasteiger partial charge in [-0.1, -0.05) is 0 Å². The molecule has 4 fully saturated rings. The highest BCUT2D eigenvalue weighted by molar-refractivity contribution is 6.17. The molecule has 0 aromatic carbocycles. The number of hydrogen-bond donors (Lipinski definition) is 1. The number of nitrogens with one attached hydrogen (secondary N) is 1. The van der Waals surface area contributed by atoms with Gasteiger partial charge in [0.15, 0.2) is 0 Å². The highest BCUT2D eigenvalue weighted by Gasteiger charge is 2.50. The molecule has 0 saturated heterocycles. The smallest absolute Gasteiger partial charge is 0.223 e. The average Bonchev–Trinajstić information content (AvgIpc) is 2.35. The molecule has 1 atom stereocenters. The molecule has 1 amide bonds. The van der Waals surface area contributed by atoms with Gasteiger partial charge >= 0.3 is 0 Å². The highest BCUT2D eigenvalue weighted by atomic mass is 35.5. The zero-order valence-corrected chi connectivity index (χ0v) is 12.7. The molecule has 19 heavy (non-hydrogen) atoms. The first-order chi connectivity index (χ1) is 9.17. The largest absolute Gasteiger partial charge is 0.353 e. The second-order valence-corrected chi connectivity index (χ2v) is 7.58. The van der Waals surface area contributed by atoms with Crippen LogP contribution in [0.3, 0.4) is 0 Å². The third-order valence-electron chi connectivity index (χ3n) is 5.69. The predicted octanol–water partition coefficient (Wildman–Crippen LogP) is 3.58. The molecule has 108 valence electrons. The molecule has 1 unspecified atom stereocenters. The first-order valence-electron chi connectivity index (χ1n) is 8.03. The monoisotopic (exact) mass is 283 g/mol. The van der Waals surface area contributed by atoms with E-state index in [2.05, 4.69) is 12.2 Å². The molecule has 0 spiro atoms. The number of carbonyl (C=O) groups is 1. The van der Waals surface area contributed by atoms with E-state index in [1.807, 2.05) is 0 Å². The number of carbonyl (C=O) groups excluding carboxylic acids is 1. The molecule has 1 N–H and O–H groups in total. The Morgan fingerprint density at radius 2 is 1.74 bits per heavy atom. The van der Waals surface area contributed by atoms with Gasteiger partial charge in [0.05, 0.1) is 0 Å². The van der Waals surface area contributed by atoms with E-state index in [-0.39, 0.29) is 6.04 Å². The number of amides is 1. The summed E-state index contributed by atoms with van der Waals surface area (Å²) in [5.41, 5.74) is 0. The zero-order valence-electron chi connectivity index (χ0n) is 11.9. The standard InChI is InChI=1S/C16H26ClNO/c1-10(3-2-4-17)18-16(19)15-13-6-11-5-12(8-13)9-14(15)7-11/h10-15H,2-9H2,1H3,(H,18,19). The van der Waals surface area contributed by atoms with Crippen molar-refractivity contribution < 1.29 is 4.79 Å². The fourth-order valence-corrected chi connectivity index (χ4v) is 5.30. The SMILES string of the molecule is CC(CCCCl)NC(=O)C1C2CC3CC(C2)CC1C3. The molecule has 3 heteroatoms. The Labute approximate surface area is 121 Å². The van der Waals surface area contributed by atoms with Crippen LogP contribution in [-0.2, 0) is 4.79 Å². The molecule has 4 aliphatic rings. The topological polar surface area (TPSA) is 29.1 Å².